The lowest BCUT2D eigenvalue weighted by Crippen LogP contribution is -2.14. The van der Waals surface area contributed by atoms with E-state index in [1.165, 1.54) is 45.3 Å². The van der Waals surface area contributed by atoms with Crippen molar-refractivity contribution in [3.8, 4) is 11.3 Å². The second-order valence-corrected chi connectivity index (χ2v) is 9.71. The molecule has 2 aromatic carbocycles. The van der Waals surface area contributed by atoms with Gasteiger partial charge in [-0.3, -0.25) is 0 Å². The second-order valence-electron chi connectivity index (χ2n) is 9.71. The summed E-state index contributed by atoms with van der Waals surface area (Å²) in [6, 6.07) is 15.2. The Kier molecular flexibility index (Phi) is 6.38. The monoisotopic (exact) mass is 453 g/mol. The molecule has 5 rings (SSSR count). The van der Waals surface area contributed by atoms with Crippen LogP contribution in [0.3, 0.4) is 0 Å². The van der Waals surface area contributed by atoms with Crippen molar-refractivity contribution in [3.05, 3.63) is 76.9 Å². The lowest BCUT2D eigenvalue weighted by molar-refractivity contribution is 0.400. The highest BCUT2D eigenvalue weighted by atomic mass is 15.0. The smallest absolute Gasteiger partial charge is 0.133 e. The van der Waals surface area contributed by atoms with Gasteiger partial charge in [0.2, 0.25) is 0 Å². The Morgan fingerprint density at radius 2 is 1.91 bits per heavy atom. The zero-order valence-electron chi connectivity index (χ0n) is 20.6. The topological polar surface area (TPSA) is 60.0 Å². The van der Waals surface area contributed by atoms with Crippen molar-refractivity contribution in [2.24, 2.45) is 0 Å². The molecule has 0 atom stereocenters. The number of aryl methyl sites for hydroxylation is 3. The number of aromatic nitrogens is 3. The molecule has 0 radical (unpaired) electrons. The summed E-state index contributed by atoms with van der Waals surface area (Å²) in [5.74, 6) is 0.856. The highest BCUT2D eigenvalue weighted by Crippen LogP contribution is 2.37. The third-order valence-electron chi connectivity index (χ3n) is 7.08. The minimum absolute atomic E-state index is 0.702. The predicted molar refractivity (Wildman–Crippen MR) is 141 cm³/mol. The fourth-order valence-corrected chi connectivity index (χ4v) is 5.41. The van der Waals surface area contributed by atoms with E-state index in [4.69, 9.17) is 10.7 Å². The van der Waals surface area contributed by atoms with Gasteiger partial charge >= 0.3 is 0 Å². The molecule has 5 heteroatoms. The number of para-hydroxylation sites is 1. The fraction of sp³-hybridized carbons (Fsp3) is 0.379. The van der Waals surface area contributed by atoms with Gasteiger partial charge in [-0.1, -0.05) is 31.2 Å². The first-order valence-corrected chi connectivity index (χ1v) is 12.5. The van der Waals surface area contributed by atoms with Crippen LogP contribution < -0.4 is 5.73 Å². The summed E-state index contributed by atoms with van der Waals surface area (Å²) in [6.45, 7) is 4.38. The molecule has 0 bridgehead atoms. The summed E-state index contributed by atoms with van der Waals surface area (Å²) in [5.41, 5.74) is 16.3. The lowest BCUT2D eigenvalue weighted by atomic mass is 9.95. The molecule has 1 aliphatic rings. The van der Waals surface area contributed by atoms with E-state index in [1.54, 1.807) is 0 Å². The molecule has 4 aromatic rings. The van der Waals surface area contributed by atoms with Crippen LogP contribution in [-0.4, -0.2) is 40.1 Å². The average Bonchev–Trinajstić information content (AvgIpc) is 3.41. The third-order valence-corrected chi connectivity index (χ3v) is 7.08. The number of rotatable bonds is 8. The summed E-state index contributed by atoms with van der Waals surface area (Å²) in [4.78, 5) is 11.9. The number of anilines is 1. The van der Waals surface area contributed by atoms with Crippen molar-refractivity contribution >= 4 is 16.6 Å². The van der Waals surface area contributed by atoms with Crippen LogP contribution in [0.15, 0.2) is 48.7 Å². The molecular formula is C29H35N5. The lowest BCUT2D eigenvalue weighted by Gasteiger charge is -2.15. The van der Waals surface area contributed by atoms with E-state index in [-0.39, 0.29) is 0 Å². The number of fused-ring (bicyclic) bond motifs is 3. The van der Waals surface area contributed by atoms with Crippen molar-refractivity contribution < 1.29 is 0 Å². The van der Waals surface area contributed by atoms with Gasteiger partial charge in [0, 0.05) is 47.0 Å². The Bertz CT molecular complexity index is 1320. The van der Waals surface area contributed by atoms with E-state index in [0.29, 0.717) is 6.42 Å². The van der Waals surface area contributed by atoms with Gasteiger partial charge in [-0.15, -0.1) is 0 Å². The van der Waals surface area contributed by atoms with E-state index in [2.05, 4.69) is 77.9 Å². The highest BCUT2D eigenvalue weighted by molar-refractivity contribution is 5.97. The van der Waals surface area contributed by atoms with E-state index < -0.39 is 0 Å². The van der Waals surface area contributed by atoms with Crippen molar-refractivity contribution in [2.75, 3.05) is 26.4 Å². The zero-order valence-corrected chi connectivity index (χ0v) is 20.6. The van der Waals surface area contributed by atoms with E-state index in [1.807, 2.05) is 6.20 Å². The van der Waals surface area contributed by atoms with Crippen LogP contribution in [0.2, 0.25) is 0 Å². The van der Waals surface area contributed by atoms with Crippen LogP contribution in [-0.2, 0) is 32.2 Å². The van der Waals surface area contributed by atoms with Gasteiger partial charge in [0.1, 0.15) is 5.82 Å². The van der Waals surface area contributed by atoms with Gasteiger partial charge in [0.25, 0.3) is 0 Å². The molecule has 176 valence electrons. The maximum absolute atomic E-state index is 6.49. The molecule has 0 unspecified atom stereocenters. The molecular weight excluding hydrogens is 418 g/mol. The summed E-state index contributed by atoms with van der Waals surface area (Å²) in [6.07, 6.45) is 8.02. The SMILES string of the molecule is CCc1cc(CCCN(C)C)c(N)cc1Cc1nccc(-c2c3n(c4ccccc24)CCC3)n1. The molecule has 0 aliphatic carbocycles. The number of nitrogens with zero attached hydrogens (tertiary/aromatic N) is 4. The number of nitrogens with two attached hydrogens (primary N) is 1. The quantitative estimate of drug-likeness (QED) is 0.369. The predicted octanol–water partition coefficient (Wildman–Crippen LogP) is 5.27. The molecule has 3 heterocycles. The molecule has 0 saturated heterocycles. The third kappa shape index (κ3) is 4.32. The van der Waals surface area contributed by atoms with Gasteiger partial charge in [-0.05, 0) is 87.6 Å². The van der Waals surface area contributed by atoms with Crippen LogP contribution in [0.5, 0.6) is 0 Å². The molecule has 2 N–H and O–H groups in total. The van der Waals surface area contributed by atoms with Gasteiger partial charge in [0.05, 0.1) is 5.69 Å². The molecule has 0 spiro atoms. The van der Waals surface area contributed by atoms with Crippen LogP contribution >= 0.6 is 0 Å². The first kappa shape index (κ1) is 22.6. The van der Waals surface area contributed by atoms with E-state index >= 15 is 0 Å². The molecule has 0 saturated carbocycles. The number of nitrogen functional groups attached to an aromatic ring is 1. The first-order valence-electron chi connectivity index (χ1n) is 12.5. The van der Waals surface area contributed by atoms with Gasteiger partial charge in [-0.25, -0.2) is 9.97 Å². The Balaban J connectivity index is 1.46. The van der Waals surface area contributed by atoms with Gasteiger partial charge in [0.15, 0.2) is 0 Å². The summed E-state index contributed by atoms with van der Waals surface area (Å²) in [7, 11) is 4.23. The molecule has 34 heavy (non-hydrogen) atoms. The maximum atomic E-state index is 6.49. The van der Waals surface area contributed by atoms with Crippen molar-refractivity contribution in [1.82, 2.24) is 19.4 Å². The molecule has 0 amide bonds. The Morgan fingerprint density at radius 3 is 2.74 bits per heavy atom. The minimum Gasteiger partial charge on any atom is -0.398 e. The van der Waals surface area contributed by atoms with E-state index in [0.717, 1.165) is 56.0 Å². The minimum atomic E-state index is 0.702. The molecule has 0 fully saturated rings. The van der Waals surface area contributed by atoms with E-state index in [9.17, 15) is 0 Å². The Labute approximate surface area is 202 Å². The number of benzene rings is 2. The second kappa shape index (κ2) is 9.59. The largest absolute Gasteiger partial charge is 0.398 e. The van der Waals surface area contributed by atoms with Crippen LogP contribution in [0.25, 0.3) is 22.2 Å². The van der Waals surface area contributed by atoms with Crippen molar-refractivity contribution in [1.29, 1.82) is 0 Å². The average molecular weight is 454 g/mol. The van der Waals surface area contributed by atoms with Crippen LogP contribution in [0, 0.1) is 0 Å². The molecule has 5 nitrogen and oxygen atoms in total. The van der Waals surface area contributed by atoms with Crippen LogP contribution in [0.1, 0.15) is 48.0 Å². The maximum Gasteiger partial charge on any atom is 0.133 e. The number of hydrogen-bond acceptors (Lipinski definition) is 4. The van der Waals surface area contributed by atoms with Gasteiger partial charge < -0.3 is 15.2 Å². The summed E-state index contributed by atoms with van der Waals surface area (Å²) >= 11 is 0. The summed E-state index contributed by atoms with van der Waals surface area (Å²) < 4.78 is 2.47. The highest BCUT2D eigenvalue weighted by Gasteiger charge is 2.23. The summed E-state index contributed by atoms with van der Waals surface area (Å²) in [5, 5.41) is 1.29. The Hall–Kier alpha value is -3.18. The van der Waals surface area contributed by atoms with Crippen molar-refractivity contribution in [2.45, 2.75) is 52.0 Å². The van der Waals surface area contributed by atoms with Crippen molar-refractivity contribution in [3.63, 3.8) is 0 Å². The standard InChI is InChI=1S/C29H35N5/c1-4-20-17-21(9-7-15-33(2)3)24(30)18-22(20)19-28-31-14-13-25(32-28)29-23-10-5-6-11-26(23)34-16-8-12-27(29)34/h5-6,10-11,13-14,17-18H,4,7-9,12,15-16,19,30H2,1-3H3. The molecule has 1 aliphatic heterocycles. The normalized spacial score (nSPS) is 13.2. The van der Waals surface area contributed by atoms with Crippen LogP contribution in [0.4, 0.5) is 5.69 Å². The van der Waals surface area contributed by atoms with Gasteiger partial charge in [-0.2, -0.15) is 0 Å². The number of hydrogen-bond donors (Lipinski definition) is 1. The molecule has 2 aromatic heterocycles. The fourth-order valence-electron chi connectivity index (χ4n) is 5.41. The first-order chi connectivity index (χ1) is 16.5. The Morgan fingerprint density at radius 1 is 1.06 bits per heavy atom. The zero-order chi connectivity index (χ0) is 23.7.